The zero-order valence-corrected chi connectivity index (χ0v) is 32.8. The van der Waals surface area contributed by atoms with Crippen molar-refractivity contribution in [3.63, 3.8) is 0 Å². The number of piperidine rings is 2. The Hall–Kier alpha value is -2.14. The Morgan fingerprint density at radius 3 is 2.04 bits per heavy atom. The second-order valence-electron chi connectivity index (χ2n) is 18.3. The van der Waals surface area contributed by atoms with Crippen LogP contribution in [-0.2, 0) is 34.0 Å². The molecule has 1 N–H and O–H groups in total. The van der Waals surface area contributed by atoms with Crippen molar-refractivity contribution in [2.45, 2.75) is 167 Å². The lowest BCUT2D eigenvalue weighted by Crippen LogP contribution is -2.49. The monoisotopic (exact) mass is 743 g/mol. The molecule has 6 rings (SSSR count). The van der Waals surface area contributed by atoms with Crippen LogP contribution < -0.4 is 5.32 Å². The van der Waals surface area contributed by atoms with Crippen molar-refractivity contribution in [1.29, 1.82) is 0 Å². The Morgan fingerprint density at radius 2 is 1.38 bits per heavy atom. The number of sulfonamides is 1. The fraction of sp³-hybridized carbons (Fsp3) is 0.878. The van der Waals surface area contributed by atoms with Crippen molar-refractivity contribution in [1.82, 2.24) is 14.5 Å². The van der Waals surface area contributed by atoms with Crippen molar-refractivity contribution in [3.05, 3.63) is 0 Å². The molecule has 10 nitrogen and oxygen atoms in total. The van der Waals surface area contributed by atoms with Crippen LogP contribution in [0.2, 0.25) is 0 Å². The van der Waals surface area contributed by atoms with Crippen LogP contribution in [0.25, 0.3) is 0 Å². The first kappa shape index (κ1) is 39.6. The zero-order valence-electron chi connectivity index (χ0n) is 32.0. The molecule has 0 aromatic heterocycles. The third-order valence-corrected chi connectivity index (χ3v) is 16.0. The highest BCUT2D eigenvalue weighted by Gasteiger charge is 2.69. The van der Waals surface area contributed by atoms with Crippen molar-refractivity contribution >= 4 is 39.2 Å². The molecular formula is C41H65N3O7S. The van der Waals surface area contributed by atoms with Crippen LogP contribution in [0, 0.1) is 34.5 Å². The molecule has 0 aromatic rings. The van der Waals surface area contributed by atoms with Gasteiger partial charge in [-0.05, 0) is 74.0 Å². The van der Waals surface area contributed by atoms with E-state index in [9.17, 15) is 32.4 Å². The summed E-state index contributed by atoms with van der Waals surface area (Å²) in [5, 5.41) is 2.82. The highest BCUT2D eigenvalue weighted by Crippen LogP contribution is 2.65. The first-order valence-corrected chi connectivity index (χ1v) is 22.6. The van der Waals surface area contributed by atoms with Crippen molar-refractivity contribution < 1.29 is 32.4 Å². The van der Waals surface area contributed by atoms with Crippen LogP contribution >= 0.6 is 0 Å². The van der Waals surface area contributed by atoms with Crippen molar-refractivity contribution in [3.8, 4) is 0 Å². The van der Waals surface area contributed by atoms with Gasteiger partial charge in [-0.2, -0.15) is 0 Å². The maximum atomic E-state index is 14.6. The van der Waals surface area contributed by atoms with Gasteiger partial charge in [-0.15, -0.1) is 0 Å². The van der Waals surface area contributed by atoms with E-state index in [-0.39, 0.29) is 65.8 Å². The first-order valence-electron chi connectivity index (χ1n) is 21.0. The van der Waals surface area contributed by atoms with Crippen LogP contribution in [-0.4, -0.2) is 84.3 Å². The summed E-state index contributed by atoms with van der Waals surface area (Å²) in [6.07, 6.45) is 16.7. The zero-order chi connectivity index (χ0) is 37.1. The molecule has 2 amide bonds. The summed E-state index contributed by atoms with van der Waals surface area (Å²) in [5.41, 5.74) is -0.697. The Kier molecular flexibility index (Phi) is 12.7. The SMILES string of the molecule is CC1(C)[C@@H]2[C@H]3C(=O)C[C@H](C(=O)C(=O)NC4CC4)CCCCCCCCC[C@H](CC(=O)CC4(CS(=O)(=O)N5CCCCC5)CCCCC4)C(=O)N3C[C@@H]21. The maximum Gasteiger partial charge on any atom is 0.287 e. The van der Waals surface area contributed by atoms with E-state index in [2.05, 4.69) is 19.2 Å². The van der Waals surface area contributed by atoms with E-state index in [4.69, 9.17) is 0 Å². The molecule has 6 aliphatic rings. The number of Topliss-reactive ketones (excluding diaryl/α,β-unsaturated/α-hetero) is 3. The number of nitrogens with one attached hydrogen (secondary N) is 1. The standard InChI is InChI=1S/C41H65N3O7S/c1-40(2)33-27-44-36(35(33)40)34(46)25-29(37(47)38(48)42-31-18-19-31)16-10-6-4-3-5-7-11-17-30(39(44)49)24-32(45)26-41(20-12-8-13-21-41)28-52(50,51)43-22-14-9-15-23-43/h29-31,33,35-36H,3-28H2,1-2H3,(H,42,48)/t29-,30-,33+,35+,36-/m1/s1. The molecule has 3 aliphatic heterocycles. The minimum atomic E-state index is -3.50. The number of rotatable bonds is 10. The number of carbonyl (C=O) groups is 5. The van der Waals surface area contributed by atoms with E-state index in [0.29, 0.717) is 45.3 Å². The molecule has 0 unspecified atom stereocenters. The first-order chi connectivity index (χ1) is 24.8. The number of amides is 2. The van der Waals surface area contributed by atoms with Gasteiger partial charge in [0.15, 0.2) is 5.78 Å². The van der Waals surface area contributed by atoms with Gasteiger partial charge >= 0.3 is 0 Å². The van der Waals surface area contributed by atoms with Gasteiger partial charge in [0.1, 0.15) is 5.78 Å². The van der Waals surface area contributed by atoms with Gasteiger partial charge in [-0.25, -0.2) is 12.7 Å². The predicted molar refractivity (Wildman–Crippen MR) is 200 cm³/mol. The molecular weight excluding hydrogens is 679 g/mol. The van der Waals surface area contributed by atoms with E-state index >= 15 is 0 Å². The Labute approximate surface area is 312 Å². The molecule has 5 atom stereocenters. The summed E-state index contributed by atoms with van der Waals surface area (Å²) < 4.78 is 29.0. The molecule has 3 aliphatic carbocycles. The lowest BCUT2D eigenvalue weighted by Gasteiger charge is -2.39. The number of hydrogen-bond donors (Lipinski definition) is 1. The number of carbonyl (C=O) groups excluding carboxylic acids is 5. The van der Waals surface area contributed by atoms with E-state index in [1.807, 2.05) is 0 Å². The topological polar surface area (TPSA) is 138 Å². The van der Waals surface area contributed by atoms with Gasteiger partial charge < -0.3 is 10.2 Å². The van der Waals surface area contributed by atoms with Crippen LogP contribution in [0.5, 0.6) is 0 Å². The highest BCUT2D eigenvalue weighted by molar-refractivity contribution is 7.89. The van der Waals surface area contributed by atoms with Gasteiger partial charge in [0.05, 0.1) is 11.8 Å². The second-order valence-corrected chi connectivity index (χ2v) is 20.3. The minimum Gasteiger partial charge on any atom is -0.347 e. The summed E-state index contributed by atoms with van der Waals surface area (Å²) in [6.45, 7) is 5.87. The molecule has 3 saturated heterocycles. The number of ketones is 3. The van der Waals surface area contributed by atoms with Gasteiger partial charge in [0.25, 0.3) is 5.91 Å². The third kappa shape index (κ3) is 9.38. The largest absolute Gasteiger partial charge is 0.347 e. The number of nitrogens with zero attached hydrogens (tertiary/aromatic N) is 2. The Bertz CT molecular complexity index is 1440. The van der Waals surface area contributed by atoms with E-state index in [1.165, 1.54) is 0 Å². The summed E-state index contributed by atoms with van der Waals surface area (Å²) >= 11 is 0. The molecule has 52 heavy (non-hydrogen) atoms. The van der Waals surface area contributed by atoms with Gasteiger partial charge in [-0.1, -0.05) is 84.5 Å². The smallest absolute Gasteiger partial charge is 0.287 e. The Morgan fingerprint density at radius 1 is 0.788 bits per heavy atom. The van der Waals surface area contributed by atoms with Crippen molar-refractivity contribution in [2.24, 2.45) is 34.5 Å². The summed E-state index contributed by atoms with van der Waals surface area (Å²) in [7, 11) is -3.50. The van der Waals surface area contributed by atoms with Crippen molar-refractivity contribution in [2.75, 3.05) is 25.4 Å². The average molecular weight is 744 g/mol. The number of fused-ring (bicyclic) bond motifs is 3. The van der Waals surface area contributed by atoms with Crippen LogP contribution in [0.15, 0.2) is 0 Å². The fourth-order valence-electron chi connectivity index (χ4n) is 10.5. The molecule has 0 aromatic carbocycles. The van der Waals surface area contributed by atoms with Gasteiger partial charge in [0.2, 0.25) is 21.7 Å². The second kappa shape index (κ2) is 16.7. The molecule has 6 fully saturated rings. The summed E-state index contributed by atoms with van der Waals surface area (Å²) in [6, 6.07) is -0.597. The molecule has 0 radical (unpaired) electrons. The van der Waals surface area contributed by atoms with Gasteiger partial charge in [0, 0.05) is 56.8 Å². The summed E-state index contributed by atoms with van der Waals surface area (Å²) in [4.78, 5) is 71.1. The lowest BCUT2D eigenvalue weighted by atomic mass is 9.71. The molecule has 292 valence electrons. The quantitative estimate of drug-likeness (QED) is 0.265. The van der Waals surface area contributed by atoms with Crippen LogP contribution in [0.3, 0.4) is 0 Å². The number of hydrogen-bond acceptors (Lipinski definition) is 7. The van der Waals surface area contributed by atoms with E-state index < -0.39 is 45.0 Å². The predicted octanol–water partition coefficient (Wildman–Crippen LogP) is 6.15. The minimum absolute atomic E-state index is 0.000676. The Balaban J connectivity index is 1.19. The summed E-state index contributed by atoms with van der Waals surface area (Å²) in [5.74, 6) is -2.47. The van der Waals surface area contributed by atoms with E-state index in [0.717, 1.165) is 96.3 Å². The molecule has 0 bridgehead atoms. The third-order valence-electron chi connectivity index (χ3n) is 13.9. The maximum absolute atomic E-state index is 14.6. The van der Waals surface area contributed by atoms with Crippen LogP contribution in [0.4, 0.5) is 0 Å². The van der Waals surface area contributed by atoms with Crippen LogP contribution in [0.1, 0.15) is 155 Å². The van der Waals surface area contributed by atoms with E-state index in [1.54, 1.807) is 9.21 Å². The fourth-order valence-corrected chi connectivity index (χ4v) is 12.7. The molecule has 0 spiro atoms. The molecule has 11 heteroatoms. The molecule has 3 saturated carbocycles. The lowest BCUT2D eigenvalue weighted by molar-refractivity contribution is -0.146. The normalized spacial score (nSPS) is 32.0. The van der Waals surface area contributed by atoms with Gasteiger partial charge in [-0.3, -0.25) is 24.0 Å². The average Bonchev–Trinajstić information content (AvgIpc) is 3.96. The highest BCUT2D eigenvalue weighted by atomic mass is 32.2. The molecule has 3 heterocycles.